The van der Waals surface area contributed by atoms with Crippen molar-refractivity contribution in [3.63, 3.8) is 0 Å². The molecule has 2 rings (SSSR count). The molecule has 0 amide bonds. The van der Waals surface area contributed by atoms with E-state index >= 15 is 0 Å². The van der Waals surface area contributed by atoms with Crippen molar-refractivity contribution in [3.8, 4) is 0 Å². The second kappa shape index (κ2) is 5.79. The first kappa shape index (κ1) is 13.5. The summed E-state index contributed by atoms with van der Waals surface area (Å²) in [6, 6.07) is 6.66. The lowest BCUT2D eigenvalue weighted by atomic mass is 10.1. The lowest BCUT2D eigenvalue weighted by Crippen LogP contribution is -2.15. The maximum Gasteiger partial charge on any atom is 0.173 e. The second-order valence-electron chi connectivity index (χ2n) is 3.89. The molecular weight excluding hydrogens is 267 g/mol. The largest absolute Gasteiger partial charge is 0.468 e. The summed E-state index contributed by atoms with van der Waals surface area (Å²) in [6.45, 7) is 1.85. The van der Waals surface area contributed by atoms with Crippen LogP contribution in [0.2, 0.25) is 0 Å². The van der Waals surface area contributed by atoms with Crippen LogP contribution in [0.3, 0.4) is 0 Å². The van der Waals surface area contributed by atoms with Crippen LogP contribution in [0.5, 0.6) is 0 Å². The number of thioether (sulfide) groups is 1. The molecule has 0 unspecified atom stereocenters. The third kappa shape index (κ3) is 2.90. The molecule has 1 aromatic heterocycles. The Bertz CT molecular complexity index is 610. The summed E-state index contributed by atoms with van der Waals surface area (Å²) in [7, 11) is 0. The molecule has 0 radical (unpaired) electrons. The molecule has 0 aliphatic carbocycles. The van der Waals surface area contributed by atoms with Gasteiger partial charge in [0.1, 0.15) is 11.6 Å². The van der Waals surface area contributed by atoms with E-state index in [0.29, 0.717) is 11.3 Å². The number of nitrogens with zero attached hydrogens (tertiary/aromatic N) is 1. The van der Waals surface area contributed by atoms with E-state index in [9.17, 15) is 4.39 Å². The van der Waals surface area contributed by atoms with Crippen molar-refractivity contribution in [2.45, 2.75) is 17.6 Å². The van der Waals surface area contributed by atoms with E-state index in [2.05, 4.69) is 5.16 Å². The standard InChI is InChI=1S/C13H13FN2O2S/c1-8-11(5-6-18-8)19-7-9-3-2-4-10(12(9)14)13(15)16-17/h2-6,17H,7H2,1H3,(H2,15,16). The molecule has 0 atom stereocenters. The topological polar surface area (TPSA) is 71.8 Å². The average Bonchev–Trinajstić information content (AvgIpc) is 2.82. The molecule has 0 spiro atoms. The molecule has 100 valence electrons. The highest BCUT2D eigenvalue weighted by Crippen LogP contribution is 2.28. The van der Waals surface area contributed by atoms with Crippen molar-refractivity contribution in [1.29, 1.82) is 0 Å². The molecule has 3 N–H and O–H groups in total. The van der Waals surface area contributed by atoms with Gasteiger partial charge in [0.15, 0.2) is 5.84 Å². The van der Waals surface area contributed by atoms with Crippen molar-refractivity contribution in [2.24, 2.45) is 10.9 Å². The predicted molar refractivity (Wildman–Crippen MR) is 71.9 cm³/mol. The maximum atomic E-state index is 14.1. The lowest BCUT2D eigenvalue weighted by molar-refractivity contribution is 0.318. The highest BCUT2D eigenvalue weighted by molar-refractivity contribution is 7.98. The summed E-state index contributed by atoms with van der Waals surface area (Å²) < 4.78 is 19.3. The van der Waals surface area contributed by atoms with E-state index in [1.807, 2.05) is 13.0 Å². The van der Waals surface area contributed by atoms with E-state index < -0.39 is 5.82 Å². The maximum absolute atomic E-state index is 14.1. The number of hydrogen-bond acceptors (Lipinski definition) is 4. The number of hydrogen-bond donors (Lipinski definition) is 2. The fraction of sp³-hybridized carbons (Fsp3) is 0.154. The fourth-order valence-corrected chi connectivity index (χ4v) is 2.56. The van der Waals surface area contributed by atoms with Gasteiger partial charge in [0.2, 0.25) is 0 Å². The molecule has 0 aliphatic rings. The van der Waals surface area contributed by atoms with Crippen molar-refractivity contribution in [1.82, 2.24) is 0 Å². The Balaban J connectivity index is 2.20. The number of benzene rings is 1. The lowest BCUT2D eigenvalue weighted by Gasteiger charge is -2.06. The molecule has 19 heavy (non-hydrogen) atoms. The van der Waals surface area contributed by atoms with Gasteiger partial charge in [0, 0.05) is 10.6 Å². The van der Waals surface area contributed by atoms with E-state index in [1.54, 1.807) is 18.4 Å². The molecule has 2 aromatic rings. The SMILES string of the molecule is Cc1occc1SCc1cccc(/C(N)=N/O)c1F. The van der Waals surface area contributed by atoms with Gasteiger partial charge in [-0.2, -0.15) is 0 Å². The van der Waals surface area contributed by atoms with Crippen molar-refractivity contribution in [3.05, 3.63) is 53.2 Å². The molecule has 1 aromatic carbocycles. The Hall–Kier alpha value is -1.95. The molecule has 0 aliphatic heterocycles. The van der Waals surface area contributed by atoms with Gasteiger partial charge in [0.05, 0.1) is 11.8 Å². The van der Waals surface area contributed by atoms with Gasteiger partial charge in [-0.1, -0.05) is 17.3 Å². The van der Waals surface area contributed by atoms with E-state index in [-0.39, 0.29) is 11.4 Å². The Labute approximate surface area is 114 Å². The van der Waals surface area contributed by atoms with Gasteiger partial charge in [-0.05, 0) is 24.6 Å². The molecule has 0 saturated heterocycles. The summed E-state index contributed by atoms with van der Waals surface area (Å²) in [6.07, 6.45) is 1.60. The van der Waals surface area contributed by atoms with Gasteiger partial charge in [-0.15, -0.1) is 11.8 Å². The molecule has 0 bridgehead atoms. The zero-order valence-corrected chi connectivity index (χ0v) is 11.1. The number of furan rings is 1. The van der Waals surface area contributed by atoms with Crippen LogP contribution in [-0.4, -0.2) is 11.0 Å². The first-order valence-corrected chi connectivity index (χ1v) is 6.54. The van der Waals surface area contributed by atoms with Crippen molar-refractivity contribution in [2.75, 3.05) is 0 Å². The number of aryl methyl sites for hydroxylation is 1. The number of amidine groups is 1. The van der Waals surface area contributed by atoms with E-state index in [4.69, 9.17) is 15.4 Å². The number of oxime groups is 1. The zero-order chi connectivity index (χ0) is 13.8. The smallest absolute Gasteiger partial charge is 0.173 e. The van der Waals surface area contributed by atoms with Crippen LogP contribution in [0, 0.1) is 12.7 Å². The number of halogens is 1. The molecule has 0 saturated carbocycles. The van der Waals surface area contributed by atoms with Gasteiger partial charge >= 0.3 is 0 Å². The molecule has 0 fully saturated rings. The third-order valence-electron chi connectivity index (χ3n) is 2.66. The predicted octanol–water partition coefficient (Wildman–Crippen LogP) is 3.11. The normalized spacial score (nSPS) is 11.8. The minimum absolute atomic E-state index is 0.101. The highest BCUT2D eigenvalue weighted by atomic mass is 32.2. The number of rotatable bonds is 4. The van der Waals surface area contributed by atoms with Crippen LogP contribution in [-0.2, 0) is 5.75 Å². The Morgan fingerprint density at radius 2 is 2.26 bits per heavy atom. The third-order valence-corrected chi connectivity index (χ3v) is 3.85. The van der Waals surface area contributed by atoms with Gasteiger partial charge in [-0.25, -0.2) is 4.39 Å². The Kier molecular flexibility index (Phi) is 4.11. The van der Waals surface area contributed by atoms with Crippen LogP contribution < -0.4 is 5.73 Å². The Morgan fingerprint density at radius 1 is 1.47 bits per heavy atom. The zero-order valence-electron chi connectivity index (χ0n) is 10.3. The Morgan fingerprint density at radius 3 is 2.89 bits per heavy atom. The summed E-state index contributed by atoms with van der Waals surface area (Å²) in [5.41, 5.74) is 6.01. The monoisotopic (exact) mass is 280 g/mol. The quantitative estimate of drug-likeness (QED) is 0.297. The summed E-state index contributed by atoms with van der Waals surface area (Å²) >= 11 is 1.47. The summed E-state index contributed by atoms with van der Waals surface area (Å²) in [4.78, 5) is 0.966. The summed E-state index contributed by atoms with van der Waals surface area (Å²) in [5.74, 6) is 0.548. The highest BCUT2D eigenvalue weighted by Gasteiger charge is 2.12. The number of nitrogens with two attached hydrogens (primary N) is 1. The van der Waals surface area contributed by atoms with Crippen molar-refractivity contribution < 1.29 is 14.0 Å². The van der Waals surface area contributed by atoms with E-state index in [0.717, 1.165) is 10.7 Å². The minimum Gasteiger partial charge on any atom is -0.468 e. The second-order valence-corrected chi connectivity index (χ2v) is 4.91. The van der Waals surface area contributed by atoms with Gasteiger partial charge < -0.3 is 15.4 Å². The van der Waals surface area contributed by atoms with Gasteiger partial charge in [0.25, 0.3) is 0 Å². The molecule has 1 heterocycles. The average molecular weight is 280 g/mol. The van der Waals surface area contributed by atoms with Crippen LogP contribution in [0.25, 0.3) is 0 Å². The molecular formula is C13H13FN2O2S. The first-order valence-electron chi connectivity index (χ1n) is 5.55. The van der Waals surface area contributed by atoms with Crippen LogP contribution in [0.4, 0.5) is 4.39 Å². The van der Waals surface area contributed by atoms with Crippen molar-refractivity contribution >= 4 is 17.6 Å². The molecule has 6 heteroatoms. The fourth-order valence-electron chi connectivity index (χ4n) is 1.62. The van der Waals surface area contributed by atoms with Crippen LogP contribution in [0.15, 0.2) is 45.0 Å². The van der Waals surface area contributed by atoms with Crippen LogP contribution >= 0.6 is 11.8 Å². The van der Waals surface area contributed by atoms with Gasteiger partial charge in [-0.3, -0.25) is 0 Å². The van der Waals surface area contributed by atoms with E-state index in [1.165, 1.54) is 17.8 Å². The summed E-state index contributed by atoms with van der Waals surface area (Å²) in [5, 5.41) is 11.4. The minimum atomic E-state index is -0.466. The first-order chi connectivity index (χ1) is 9.13. The van der Waals surface area contributed by atoms with Crippen LogP contribution in [0.1, 0.15) is 16.9 Å². The molecule has 4 nitrogen and oxygen atoms in total.